The van der Waals surface area contributed by atoms with Gasteiger partial charge in [-0.2, -0.15) is 0 Å². The van der Waals surface area contributed by atoms with Crippen LogP contribution in [0.3, 0.4) is 0 Å². The van der Waals surface area contributed by atoms with Gasteiger partial charge < -0.3 is 10.1 Å². The van der Waals surface area contributed by atoms with Gasteiger partial charge >= 0.3 is 0 Å². The monoisotopic (exact) mass is 263 g/mol. The van der Waals surface area contributed by atoms with Crippen molar-refractivity contribution < 1.29 is 4.74 Å². The molecule has 1 rings (SSSR count). The standard InChI is InChI=1S/C17H29NO/c1-7-10-18-16(17(19-6)12(2)3)15-11-13(4)8-9-14(15)5/h8-9,11-12,16-18H,7,10H2,1-6H3. The molecule has 1 aromatic carbocycles. The van der Waals surface area contributed by atoms with Gasteiger partial charge in [-0.3, -0.25) is 0 Å². The molecule has 0 aromatic heterocycles. The van der Waals surface area contributed by atoms with E-state index in [2.05, 4.69) is 58.1 Å². The predicted octanol–water partition coefficient (Wildman–Crippen LogP) is 4.02. The second kappa shape index (κ2) is 7.66. The number of nitrogens with one attached hydrogen (secondary N) is 1. The van der Waals surface area contributed by atoms with Crippen LogP contribution in [0.15, 0.2) is 18.2 Å². The SMILES string of the molecule is CCCNC(c1cc(C)ccc1C)C(OC)C(C)C. The summed E-state index contributed by atoms with van der Waals surface area (Å²) < 4.78 is 5.76. The van der Waals surface area contributed by atoms with Gasteiger partial charge in [0.15, 0.2) is 0 Å². The highest BCUT2D eigenvalue weighted by atomic mass is 16.5. The van der Waals surface area contributed by atoms with E-state index in [1.807, 2.05) is 7.11 Å². The lowest BCUT2D eigenvalue weighted by Gasteiger charge is -2.31. The van der Waals surface area contributed by atoms with Crippen LogP contribution in [0.4, 0.5) is 0 Å². The summed E-state index contributed by atoms with van der Waals surface area (Å²) in [5, 5.41) is 3.66. The molecule has 1 N–H and O–H groups in total. The Kier molecular flexibility index (Phi) is 6.53. The van der Waals surface area contributed by atoms with Gasteiger partial charge in [0.05, 0.1) is 12.1 Å². The van der Waals surface area contributed by atoms with Gasteiger partial charge in [0.25, 0.3) is 0 Å². The highest BCUT2D eigenvalue weighted by Crippen LogP contribution is 2.27. The Morgan fingerprint density at radius 3 is 2.42 bits per heavy atom. The maximum atomic E-state index is 5.76. The molecule has 0 bridgehead atoms. The van der Waals surface area contributed by atoms with Crippen LogP contribution in [0.25, 0.3) is 0 Å². The lowest BCUT2D eigenvalue weighted by molar-refractivity contribution is 0.0325. The van der Waals surface area contributed by atoms with Crippen LogP contribution >= 0.6 is 0 Å². The molecule has 2 nitrogen and oxygen atoms in total. The molecule has 2 heteroatoms. The van der Waals surface area contributed by atoms with E-state index in [1.165, 1.54) is 16.7 Å². The quantitative estimate of drug-likeness (QED) is 0.802. The van der Waals surface area contributed by atoms with Crippen molar-refractivity contribution in [1.29, 1.82) is 0 Å². The van der Waals surface area contributed by atoms with E-state index < -0.39 is 0 Å². The fraction of sp³-hybridized carbons (Fsp3) is 0.647. The maximum absolute atomic E-state index is 5.76. The molecule has 2 atom stereocenters. The van der Waals surface area contributed by atoms with Gasteiger partial charge in [-0.1, -0.05) is 44.5 Å². The molecule has 0 aliphatic rings. The van der Waals surface area contributed by atoms with Crippen molar-refractivity contribution in [3.05, 3.63) is 34.9 Å². The van der Waals surface area contributed by atoms with E-state index in [4.69, 9.17) is 4.74 Å². The highest BCUT2D eigenvalue weighted by Gasteiger charge is 2.26. The minimum absolute atomic E-state index is 0.201. The predicted molar refractivity (Wildman–Crippen MR) is 82.6 cm³/mol. The van der Waals surface area contributed by atoms with Crippen LogP contribution in [0.5, 0.6) is 0 Å². The molecule has 0 aliphatic carbocycles. The topological polar surface area (TPSA) is 21.3 Å². The number of hydrogen-bond donors (Lipinski definition) is 1. The van der Waals surface area contributed by atoms with Crippen molar-refractivity contribution in [3.8, 4) is 0 Å². The average molecular weight is 263 g/mol. The van der Waals surface area contributed by atoms with Crippen LogP contribution in [0.1, 0.15) is 49.9 Å². The van der Waals surface area contributed by atoms with E-state index in [1.54, 1.807) is 0 Å². The Balaban J connectivity index is 3.10. The fourth-order valence-corrected chi connectivity index (χ4v) is 2.59. The first kappa shape index (κ1) is 16.2. The minimum Gasteiger partial charge on any atom is -0.379 e. The van der Waals surface area contributed by atoms with Crippen LogP contribution in [-0.4, -0.2) is 19.8 Å². The second-order valence-electron chi connectivity index (χ2n) is 5.74. The molecule has 0 amide bonds. The highest BCUT2D eigenvalue weighted by molar-refractivity contribution is 5.33. The molecule has 0 saturated carbocycles. The van der Waals surface area contributed by atoms with Crippen molar-refractivity contribution in [3.63, 3.8) is 0 Å². The molecular formula is C17H29NO. The molecule has 0 saturated heterocycles. The van der Waals surface area contributed by atoms with E-state index in [0.717, 1.165) is 13.0 Å². The molecule has 108 valence electrons. The number of methoxy groups -OCH3 is 1. The number of rotatable bonds is 7. The third-order valence-electron chi connectivity index (χ3n) is 3.64. The molecule has 0 aliphatic heterocycles. The van der Waals surface area contributed by atoms with E-state index in [9.17, 15) is 0 Å². The largest absolute Gasteiger partial charge is 0.379 e. The van der Waals surface area contributed by atoms with Crippen LogP contribution in [0, 0.1) is 19.8 Å². The molecule has 0 heterocycles. The van der Waals surface area contributed by atoms with Gasteiger partial charge in [0.1, 0.15) is 0 Å². The Labute approximate surface area is 118 Å². The summed E-state index contributed by atoms with van der Waals surface area (Å²) in [4.78, 5) is 0. The van der Waals surface area contributed by atoms with Crippen molar-refractivity contribution >= 4 is 0 Å². The van der Waals surface area contributed by atoms with Crippen molar-refractivity contribution in [2.45, 2.75) is 53.2 Å². The Morgan fingerprint density at radius 2 is 1.89 bits per heavy atom. The minimum atomic E-state index is 0.201. The number of aryl methyl sites for hydroxylation is 2. The first-order chi connectivity index (χ1) is 9.01. The van der Waals surface area contributed by atoms with Crippen LogP contribution < -0.4 is 5.32 Å². The van der Waals surface area contributed by atoms with Crippen molar-refractivity contribution in [2.24, 2.45) is 5.92 Å². The maximum Gasteiger partial charge on any atom is 0.0788 e. The lowest BCUT2D eigenvalue weighted by atomic mass is 9.90. The van der Waals surface area contributed by atoms with E-state index in [0.29, 0.717) is 5.92 Å². The summed E-state index contributed by atoms with van der Waals surface area (Å²) >= 11 is 0. The summed E-state index contributed by atoms with van der Waals surface area (Å²) in [5.41, 5.74) is 4.01. The van der Waals surface area contributed by atoms with Gasteiger partial charge in [0, 0.05) is 7.11 Å². The summed E-state index contributed by atoms with van der Waals surface area (Å²) in [7, 11) is 1.82. The Bertz CT molecular complexity index is 387. The summed E-state index contributed by atoms with van der Waals surface area (Å²) in [6, 6.07) is 6.94. The summed E-state index contributed by atoms with van der Waals surface area (Å²) in [6.07, 6.45) is 1.34. The zero-order valence-corrected chi connectivity index (χ0v) is 13.3. The molecule has 19 heavy (non-hydrogen) atoms. The number of benzene rings is 1. The van der Waals surface area contributed by atoms with Crippen molar-refractivity contribution in [2.75, 3.05) is 13.7 Å². The Morgan fingerprint density at radius 1 is 1.21 bits per heavy atom. The average Bonchev–Trinajstić information content (AvgIpc) is 2.37. The third kappa shape index (κ3) is 4.32. The molecule has 2 unspecified atom stereocenters. The first-order valence-electron chi connectivity index (χ1n) is 7.34. The zero-order chi connectivity index (χ0) is 14.4. The Hall–Kier alpha value is -0.860. The van der Waals surface area contributed by atoms with Gasteiger partial charge in [0.2, 0.25) is 0 Å². The number of ether oxygens (including phenoxy) is 1. The van der Waals surface area contributed by atoms with Gasteiger partial charge in [-0.25, -0.2) is 0 Å². The molecule has 0 radical (unpaired) electrons. The number of hydrogen-bond acceptors (Lipinski definition) is 2. The fourth-order valence-electron chi connectivity index (χ4n) is 2.59. The molecule has 1 aromatic rings. The third-order valence-corrected chi connectivity index (χ3v) is 3.64. The second-order valence-corrected chi connectivity index (χ2v) is 5.74. The normalized spacial score (nSPS) is 14.7. The van der Waals surface area contributed by atoms with Gasteiger partial charge in [-0.15, -0.1) is 0 Å². The molecule has 0 spiro atoms. The molecule has 0 fully saturated rings. The first-order valence-corrected chi connectivity index (χ1v) is 7.34. The van der Waals surface area contributed by atoms with Crippen LogP contribution in [0.2, 0.25) is 0 Å². The van der Waals surface area contributed by atoms with E-state index in [-0.39, 0.29) is 12.1 Å². The lowest BCUT2D eigenvalue weighted by Crippen LogP contribution is -2.37. The van der Waals surface area contributed by atoms with E-state index >= 15 is 0 Å². The molecular weight excluding hydrogens is 234 g/mol. The summed E-state index contributed by atoms with van der Waals surface area (Å²) in [5.74, 6) is 0.485. The van der Waals surface area contributed by atoms with Crippen LogP contribution in [-0.2, 0) is 4.74 Å². The summed E-state index contributed by atoms with van der Waals surface area (Å²) in [6.45, 7) is 12.0. The van der Waals surface area contributed by atoms with Gasteiger partial charge in [-0.05, 0) is 43.9 Å². The zero-order valence-electron chi connectivity index (χ0n) is 13.3. The smallest absolute Gasteiger partial charge is 0.0788 e. The van der Waals surface area contributed by atoms with Crippen molar-refractivity contribution in [1.82, 2.24) is 5.32 Å².